The Morgan fingerprint density at radius 1 is 1.18 bits per heavy atom. The molecule has 1 N–H and O–H groups in total. The van der Waals surface area contributed by atoms with Gasteiger partial charge in [0.15, 0.2) is 5.82 Å². The summed E-state index contributed by atoms with van der Waals surface area (Å²) < 4.78 is 0. The Bertz CT molecular complexity index is 617. The fraction of sp³-hybridized carbons (Fsp3) is 0.400. The van der Waals surface area contributed by atoms with Crippen LogP contribution in [0.15, 0.2) is 24.4 Å². The predicted octanol–water partition coefficient (Wildman–Crippen LogP) is 3.68. The third-order valence-corrected chi connectivity index (χ3v) is 3.90. The van der Waals surface area contributed by atoms with Gasteiger partial charge in [0.2, 0.25) is 5.95 Å². The molecular formula is C15H19Cl2N5. The Balaban J connectivity index is 1.95. The molecule has 0 aliphatic carbocycles. The SMILES string of the molecule is CCN(CC)c1nncc(NCCc2ccc(Cl)cc2Cl)n1. The lowest BCUT2D eigenvalue weighted by Gasteiger charge is -2.18. The molecule has 1 aromatic heterocycles. The first-order chi connectivity index (χ1) is 10.6. The highest BCUT2D eigenvalue weighted by molar-refractivity contribution is 6.35. The number of rotatable bonds is 7. The molecule has 0 atom stereocenters. The fourth-order valence-electron chi connectivity index (χ4n) is 2.07. The second-order valence-electron chi connectivity index (χ2n) is 4.73. The second-order valence-corrected chi connectivity index (χ2v) is 5.57. The molecule has 1 aromatic carbocycles. The minimum atomic E-state index is 0.638. The van der Waals surface area contributed by atoms with Crippen molar-refractivity contribution in [2.45, 2.75) is 20.3 Å². The molecule has 1 heterocycles. The number of hydrogen-bond acceptors (Lipinski definition) is 5. The highest BCUT2D eigenvalue weighted by Crippen LogP contribution is 2.21. The molecule has 7 heteroatoms. The van der Waals surface area contributed by atoms with E-state index in [0.29, 0.717) is 28.4 Å². The van der Waals surface area contributed by atoms with Crippen LogP contribution in [-0.2, 0) is 6.42 Å². The first-order valence-corrected chi connectivity index (χ1v) is 8.02. The van der Waals surface area contributed by atoms with Gasteiger partial charge in [-0.1, -0.05) is 29.3 Å². The van der Waals surface area contributed by atoms with E-state index in [9.17, 15) is 0 Å². The van der Waals surface area contributed by atoms with Gasteiger partial charge in [-0.15, -0.1) is 5.10 Å². The molecular weight excluding hydrogens is 321 g/mol. The van der Waals surface area contributed by atoms with Gasteiger partial charge >= 0.3 is 0 Å². The molecule has 22 heavy (non-hydrogen) atoms. The van der Waals surface area contributed by atoms with Gasteiger partial charge in [-0.3, -0.25) is 0 Å². The molecule has 0 unspecified atom stereocenters. The Morgan fingerprint density at radius 3 is 2.64 bits per heavy atom. The van der Waals surface area contributed by atoms with Crippen LogP contribution in [-0.4, -0.2) is 34.8 Å². The highest BCUT2D eigenvalue weighted by atomic mass is 35.5. The molecule has 0 saturated heterocycles. The summed E-state index contributed by atoms with van der Waals surface area (Å²) in [5, 5.41) is 12.6. The number of aromatic nitrogens is 3. The fourth-order valence-corrected chi connectivity index (χ4v) is 2.57. The molecule has 0 bridgehead atoms. The summed E-state index contributed by atoms with van der Waals surface area (Å²) in [6, 6.07) is 5.53. The average molecular weight is 340 g/mol. The van der Waals surface area contributed by atoms with Gasteiger partial charge in [0, 0.05) is 29.7 Å². The van der Waals surface area contributed by atoms with Crippen molar-refractivity contribution in [2.75, 3.05) is 29.9 Å². The van der Waals surface area contributed by atoms with Crippen molar-refractivity contribution >= 4 is 35.0 Å². The van der Waals surface area contributed by atoms with Crippen molar-refractivity contribution in [1.29, 1.82) is 0 Å². The number of halogens is 2. The molecule has 0 saturated carbocycles. The van der Waals surface area contributed by atoms with Gasteiger partial charge < -0.3 is 10.2 Å². The maximum Gasteiger partial charge on any atom is 0.247 e. The average Bonchev–Trinajstić information content (AvgIpc) is 2.51. The summed E-state index contributed by atoms with van der Waals surface area (Å²) in [5.41, 5.74) is 1.05. The third-order valence-electron chi connectivity index (χ3n) is 3.31. The third kappa shape index (κ3) is 4.45. The van der Waals surface area contributed by atoms with Crippen molar-refractivity contribution in [3.63, 3.8) is 0 Å². The minimum absolute atomic E-state index is 0.638. The number of benzene rings is 1. The van der Waals surface area contributed by atoms with E-state index in [4.69, 9.17) is 23.2 Å². The second kappa shape index (κ2) is 8.15. The smallest absolute Gasteiger partial charge is 0.247 e. The van der Waals surface area contributed by atoms with E-state index in [1.54, 1.807) is 12.3 Å². The Labute approximate surface area is 140 Å². The Kier molecular flexibility index (Phi) is 6.21. The molecule has 0 aliphatic rings. The summed E-state index contributed by atoms with van der Waals surface area (Å²) in [7, 11) is 0. The van der Waals surface area contributed by atoms with E-state index in [1.807, 2.05) is 17.0 Å². The summed E-state index contributed by atoms with van der Waals surface area (Å²) >= 11 is 12.1. The van der Waals surface area contributed by atoms with Crippen LogP contribution in [0.5, 0.6) is 0 Å². The van der Waals surface area contributed by atoms with Crippen molar-refractivity contribution in [2.24, 2.45) is 0 Å². The largest absolute Gasteiger partial charge is 0.368 e. The zero-order chi connectivity index (χ0) is 15.9. The molecule has 0 aliphatic heterocycles. The van der Waals surface area contributed by atoms with Crippen LogP contribution in [0.25, 0.3) is 0 Å². The molecule has 0 radical (unpaired) electrons. The molecule has 0 fully saturated rings. The summed E-state index contributed by atoms with van der Waals surface area (Å²) in [5.74, 6) is 1.35. The van der Waals surface area contributed by atoms with Crippen LogP contribution >= 0.6 is 23.2 Å². The first kappa shape index (κ1) is 16.8. The van der Waals surface area contributed by atoms with Crippen LogP contribution < -0.4 is 10.2 Å². The van der Waals surface area contributed by atoms with Crippen LogP contribution in [0.1, 0.15) is 19.4 Å². The van der Waals surface area contributed by atoms with E-state index in [0.717, 1.165) is 25.1 Å². The topological polar surface area (TPSA) is 53.9 Å². The summed E-state index contributed by atoms with van der Waals surface area (Å²) in [4.78, 5) is 6.52. The highest BCUT2D eigenvalue weighted by Gasteiger charge is 2.07. The van der Waals surface area contributed by atoms with Crippen molar-refractivity contribution in [1.82, 2.24) is 15.2 Å². The monoisotopic (exact) mass is 339 g/mol. The van der Waals surface area contributed by atoms with Gasteiger partial charge in [-0.05, 0) is 38.0 Å². The lowest BCUT2D eigenvalue weighted by Crippen LogP contribution is -2.25. The Morgan fingerprint density at radius 2 is 1.95 bits per heavy atom. The van der Waals surface area contributed by atoms with Gasteiger partial charge in [0.05, 0.1) is 6.20 Å². The first-order valence-electron chi connectivity index (χ1n) is 7.26. The molecule has 0 spiro atoms. The van der Waals surface area contributed by atoms with E-state index in [2.05, 4.69) is 34.3 Å². The maximum atomic E-state index is 6.16. The van der Waals surface area contributed by atoms with Gasteiger partial charge in [0.1, 0.15) is 0 Å². The van der Waals surface area contributed by atoms with Gasteiger partial charge in [-0.2, -0.15) is 10.1 Å². The molecule has 5 nitrogen and oxygen atoms in total. The lowest BCUT2D eigenvalue weighted by atomic mass is 10.1. The van der Waals surface area contributed by atoms with E-state index < -0.39 is 0 Å². The van der Waals surface area contributed by atoms with Crippen LogP contribution in [0, 0.1) is 0 Å². The quantitative estimate of drug-likeness (QED) is 0.833. The molecule has 2 aromatic rings. The standard InChI is InChI=1S/C15H19Cl2N5/c1-3-22(4-2)15-20-14(10-19-21-15)18-8-7-11-5-6-12(16)9-13(11)17/h5-6,9-10H,3-4,7-8H2,1-2H3,(H,18,20,21). The molecule has 0 amide bonds. The predicted molar refractivity (Wildman–Crippen MR) is 92.0 cm³/mol. The number of nitrogens with zero attached hydrogens (tertiary/aromatic N) is 4. The zero-order valence-electron chi connectivity index (χ0n) is 12.7. The number of nitrogens with one attached hydrogen (secondary N) is 1. The van der Waals surface area contributed by atoms with Crippen LogP contribution in [0.2, 0.25) is 10.0 Å². The lowest BCUT2D eigenvalue weighted by molar-refractivity contribution is 0.793. The minimum Gasteiger partial charge on any atom is -0.368 e. The van der Waals surface area contributed by atoms with Crippen molar-refractivity contribution in [3.05, 3.63) is 40.0 Å². The van der Waals surface area contributed by atoms with Crippen molar-refractivity contribution < 1.29 is 0 Å². The van der Waals surface area contributed by atoms with Crippen molar-refractivity contribution in [3.8, 4) is 0 Å². The number of hydrogen-bond donors (Lipinski definition) is 1. The van der Waals surface area contributed by atoms with E-state index in [-0.39, 0.29) is 0 Å². The van der Waals surface area contributed by atoms with E-state index in [1.165, 1.54) is 0 Å². The molecule has 2 rings (SSSR count). The van der Waals surface area contributed by atoms with E-state index >= 15 is 0 Å². The summed E-state index contributed by atoms with van der Waals surface area (Å²) in [6.07, 6.45) is 2.40. The van der Waals surface area contributed by atoms with Gasteiger partial charge in [0.25, 0.3) is 0 Å². The summed E-state index contributed by atoms with van der Waals surface area (Å²) in [6.45, 7) is 6.53. The normalized spacial score (nSPS) is 10.5. The Hall–Kier alpha value is -1.59. The zero-order valence-corrected chi connectivity index (χ0v) is 14.2. The van der Waals surface area contributed by atoms with Crippen LogP contribution in [0.4, 0.5) is 11.8 Å². The maximum absolute atomic E-state index is 6.16. The van der Waals surface area contributed by atoms with Crippen LogP contribution in [0.3, 0.4) is 0 Å². The van der Waals surface area contributed by atoms with Gasteiger partial charge in [-0.25, -0.2) is 0 Å². The molecule has 118 valence electrons. The number of anilines is 2.